The average Bonchev–Trinajstić information content (AvgIpc) is 3.46. The molecular formula is C25H26N4O4. The molecule has 8 heteroatoms. The van der Waals surface area contributed by atoms with Gasteiger partial charge in [0.1, 0.15) is 11.6 Å². The number of amides is 2. The van der Waals surface area contributed by atoms with E-state index in [9.17, 15) is 9.59 Å². The Balaban J connectivity index is 1.67. The summed E-state index contributed by atoms with van der Waals surface area (Å²) in [6.07, 6.45) is 2.40. The number of ether oxygens (including phenoxy) is 1. The SMILES string of the molecule is COCCC(=O)Nc1cc(C(=O)NCCc2ccco2)cc2nc(-c3ccccc3)n(C)c12. The number of carbonyl (C=O) groups excluding carboxylic acids is 2. The minimum atomic E-state index is -0.247. The molecule has 2 N–H and O–H groups in total. The van der Waals surface area contributed by atoms with E-state index in [4.69, 9.17) is 14.1 Å². The molecule has 0 aliphatic rings. The van der Waals surface area contributed by atoms with Crippen LogP contribution in [0.3, 0.4) is 0 Å². The zero-order chi connectivity index (χ0) is 23.2. The minimum Gasteiger partial charge on any atom is -0.469 e. The molecule has 4 rings (SSSR count). The summed E-state index contributed by atoms with van der Waals surface area (Å²) in [5.74, 6) is 1.10. The van der Waals surface area contributed by atoms with E-state index in [0.29, 0.717) is 36.3 Å². The van der Waals surface area contributed by atoms with Gasteiger partial charge in [0.05, 0.1) is 36.0 Å². The summed E-state index contributed by atoms with van der Waals surface area (Å²) in [5.41, 5.74) is 3.25. The fourth-order valence-corrected chi connectivity index (χ4v) is 3.69. The van der Waals surface area contributed by atoms with Gasteiger partial charge in [0.25, 0.3) is 5.91 Å². The first-order valence-electron chi connectivity index (χ1n) is 10.7. The lowest BCUT2D eigenvalue weighted by Gasteiger charge is -2.11. The molecule has 0 saturated heterocycles. The van der Waals surface area contributed by atoms with Crippen LogP contribution in [0, 0.1) is 0 Å². The second kappa shape index (κ2) is 10.1. The number of methoxy groups -OCH3 is 1. The molecule has 8 nitrogen and oxygen atoms in total. The predicted molar refractivity (Wildman–Crippen MR) is 126 cm³/mol. The highest BCUT2D eigenvalue weighted by molar-refractivity contribution is 6.06. The number of hydrogen-bond acceptors (Lipinski definition) is 5. The van der Waals surface area contributed by atoms with Crippen molar-refractivity contribution in [2.75, 3.05) is 25.6 Å². The van der Waals surface area contributed by atoms with Crippen molar-refractivity contribution < 1.29 is 18.7 Å². The van der Waals surface area contributed by atoms with Gasteiger partial charge < -0.3 is 24.4 Å². The second-order valence-corrected chi connectivity index (χ2v) is 7.63. The van der Waals surface area contributed by atoms with Crippen molar-refractivity contribution in [2.45, 2.75) is 12.8 Å². The maximum Gasteiger partial charge on any atom is 0.251 e. The number of furan rings is 1. The molecule has 170 valence electrons. The normalized spacial score (nSPS) is 11.0. The van der Waals surface area contributed by atoms with Crippen molar-refractivity contribution in [2.24, 2.45) is 7.05 Å². The lowest BCUT2D eigenvalue weighted by Crippen LogP contribution is -2.26. The standard InChI is InChI=1S/C25H26N4O4/c1-29-23-20(27-22(30)11-14-32-2)15-18(25(31)26-12-10-19-9-6-13-33-19)16-21(23)28-24(29)17-7-4-3-5-8-17/h3-9,13,15-16H,10-12,14H2,1-2H3,(H,26,31)(H,27,30). The average molecular weight is 447 g/mol. The maximum atomic E-state index is 12.9. The molecule has 0 spiro atoms. The number of anilines is 1. The number of hydrogen-bond donors (Lipinski definition) is 2. The smallest absolute Gasteiger partial charge is 0.251 e. The zero-order valence-electron chi connectivity index (χ0n) is 18.6. The Morgan fingerprint density at radius 2 is 1.94 bits per heavy atom. The number of imidazole rings is 1. The van der Waals surface area contributed by atoms with Crippen molar-refractivity contribution in [1.82, 2.24) is 14.9 Å². The van der Waals surface area contributed by atoms with Gasteiger partial charge in [0.2, 0.25) is 5.91 Å². The number of fused-ring (bicyclic) bond motifs is 1. The molecule has 2 aromatic carbocycles. The first kappa shape index (κ1) is 22.3. The summed E-state index contributed by atoms with van der Waals surface area (Å²) in [4.78, 5) is 30.1. The number of benzene rings is 2. The van der Waals surface area contributed by atoms with Crippen molar-refractivity contribution in [3.63, 3.8) is 0 Å². The Hall–Kier alpha value is -3.91. The molecule has 0 saturated carbocycles. The third-order valence-corrected chi connectivity index (χ3v) is 5.31. The molecule has 0 atom stereocenters. The van der Waals surface area contributed by atoms with Gasteiger partial charge in [-0.3, -0.25) is 9.59 Å². The van der Waals surface area contributed by atoms with E-state index in [-0.39, 0.29) is 18.2 Å². The molecule has 2 amide bonds. The molecule has 4 aromatic rings. The Labute approximate surface area is 191 Å². The van der Waals surface area contributed by atoms with E-state index in [2.05, 4.69) is 10.6 Å². The number of aromatic nitrogens is 2. The van der Waals surface area contributed by atoms with E-state index < -0.39 is 0 Å². The lowest BCUT2D eigenvalue weighted by molar-refractivity contribution is -0.117. The summed E-state index contributed by atoms with van der Waals surface area (Å²) >= 11 is 0. The van der Waals surface area contributed by atoms with E-state index in [1.54, 1.807) is 25.5 Å². The summed E-state index contributed by atoms with van der Waals surface area (Å²) in [6, 6.07) is 16.9. The quantitative estimate of drug-likeness (QED) is 0.408. The Bertz CT molecular complexity index is 1250. The largest absolute Gasteiger partial charge is 0.469 e. The van der Waals surface area contributed by atoms with Crippen molar-refractivity contribution in [3.8, 4) is 11.4 Å². The Morgan fingerprint density at radius 3 is 2.67 bits per heavy atom. The van der Waals surface area contributed by atoms with Crippen LogP contribution in [0.25, 0.3) is 22.4 Å². The van der Waals surface area contributed by atoms with Crippen LogP contribution in [0.15, 0.2) is 65.3 Å². The molecule has 2 aromatic heterocycles. The molecule has 0 radical (unpaired) electrons. The summed E-state index contributed by atoms with van der Waals surface area (Å²) in [7, 11) is 3.44. The molecule has 0 aliphatic heterocycles. The molecule has 0 bridgehead atoms. The maximum absolute atomic E-state index is 12.9. The highest BCUT2D eigenvalue weighted by atomic mass is 16.5. The predicted octanol–water partition coefficient (Wildman–Crippen LogP) is 3.78. The van der Waals surface area contributed by atoms with Crippen molar-refractivity contribution >= 4 is 28.5 Å². The van der Waals surface area contributed by atoms with Crippen molar-refractivity contribution in [3.05, 3.63) is 72.2 Å². The minimum absolute atomic E-state index is 0.198. The Morgan fingerprint density at radius 1 is 1.12 bits per heavy atom. The molecule has 0 fully saturated rings. The van der Waals surface area contributed by atoms with Gasteiger partial charge in [-0.1, -0.05) is 30.3 Å². The second-order valence-electron chi connectivity index (χ2n) is 7.63. The van der Waals surface area contributed by atoms with Crippen molar-refractivity contribution in [1.29, 1.82) is 0 Å². The Kier molecular flexibility index (Phi) is 6.85. The van der Waals surface area contributed by atoms with Gasteiger partial charge in [0.15, 0.2) is 0 Å². The van der Waals surface area contributed by atoms with Crippen LogP contribution >= 0.6 is 0 Å². The van der Waals surface area contributed by atoms with E-state index in [1.165, 1.54) is 0 Å². The van der Waals surface area contributed by atoms with E-state index in [0.717, 1.165) is 22.7 Å². The molecule has 0 aliphatic carbocycles. The van der Waals surface area contributed by atoms with Gasteiger partial charge >= 0.3 is 0 Å². The van der Waals surface area contributed by atoms with Gasteiger partial charge in [-0.05, 0) is 24.3 Å². The monoisotopic (exact) mass is 446 g/mol. The molecular weight excluding hydrogens is 420 g/mol. The van der Waals surface area contributed by atoms with Crippen LogP contribution in [-0.2, 0) is 23.0 Å². The molecule has 33 heavy (non-hydrogen) atoms. The summed E-state index contributed by atoms with van der Waals surface area (Å²) in [6.45, 7) is 0.736. The molecule has 2 heterocycles. The van der Waals surface area contributed by atoms with Crippen LogP contribution in [-0.4, -0.2) is 41.6 Å². The van der Waals surface area contributed by atoms with Crippen LogP contribution in [0.4, 0.5) is 5.69 Å². The third kappa shape index (κ3) is 5.12. The number of rotatable bonds is 9. The highest BCUT2D eigenvalue weighted by Crippen LogP contribution is 2.30. The summed E-state index contributed by atoms with van der Waals surface area (Å²) < 4.78 is 12.2. The van der Waals surface area contributed by atoms with Crippen LogP contribution in [0.5, 0.6) is 0 Å². The molecule has 0 unspecified atom stereocenters. The van der Waals surface area contributed by atoms with Gasteiger partial charge in [-0.15, -0.1) is 0 Å². The first-order valence-corrected chi connectivity index (χ1v) is 10.7. The van der Waals surface area contributed by atoms with Gasteiger partial charge in [-0.25, -0.2) is 4.98 Å². The van der Waals surface area contributed by atoms with Crippen LogP contribution in [0.1, 0.15) is 22.5 Å². The lowest BCUT2D eigenvalue weighted by atomic mass is 10.1. The fourth-order valence-electron chi connectivity index (χ4n) is 3.69. The summed E-state index contributed by atoms with van der Waals surface area (Å²) in [5, 5.41) is 5.83. The van der Waals surface area contributed by atoms with Gasteiger partial charge in [-0.2, -0.15) is 0 Å². The number of carbonyl (C=O) groups is 2. The van der Waals surface area contributed by atoms with Crippen LogP contribution in [0.2, 0.25) is 0 Å². The van der Waals surface area contributed by atoms with E-state index >= 15 is 0 Å². The highest BCUT2D eigenvalue weighted by Gasteiger charge is 2.18. The first-order chi connectivity index (χ1) is 16.1. The number of nitrogens with one attached hydrogen (secondary N) is 2. The number of nitrogens with zero attached hydrogens (tertiary/aromatic N) is 2. The zero-order valence-corrected chi connectivity index (χ0v) is 18.6. The topological polar surface area (TPSA) is 98.4 Å². The number of aryl methyl sites for hydroxylation is 1. The van der Waals surface area contributed by atoms with Crippen LogP contribution < -0.4 is 10.6 Å². The van der Waals surface area contributed by atoms with Gasteiger partial charge in [0, 0.05) is 38.2 Å². The van der Waals surface area contributed by atoms with E-state index in [1.807, 2.05) is 54.1 Å². The fraction of sp³-hybridized carbons (Fsp3) is 0.240. The third-order valence-electron chi connectivity index (χ3n) is 5.31.